The first-order valence-electron chi connectivity index (χ1n) is 4.56. The Morgan fingerprint density at radius 1 is 1.54 bits per heavy atom. The van der Waals surface area contributed by atoms with Crippen molar-refractivity contribution in [3.05, 3.63) is 11.2 Å². The molecule has 1 aromatic rings. The maximum atomic E-state index is 5.57. The van der Waals surface area contributed by atoms with Crippen LogP contribution in [-0.4, -0.2) is 10.1 Å². The van der Waals surface area contributed by atoms with E-state index in [1.54, 1.807) is 0 Å². The monoisotopic (exact) mass is 200 g/mol. The lowest BCUT2D eigenvalue weighted by Gasteiger charge is -2.21. The molecule has 0 amide bonds. The van der Waals surface area contributed by atoms with Crippen LogP contribution in [0.25, 0.3) is 0 Å². The molecule has 1 saturated carbocycles. The number of halogens is 1. The van der Waals surface area contributed by atoms with Crippen molar-refractivity contribution >= 4 is 11.6 Å². The highest BCUT2D eigenvalue weighted by atomic mass is 35.5. The molecule has 0 aliphatic heterocycles. The van der Waals surface area contributed by atoms with E-state index >= 15 is 0 Å². The summed E-state index contributed by atoms with van der Waals surface area (Å²) in [6, 6.07) is 0. The van der Waals surface area contributed by atoms with Crippen molar-refractivity contribution in [3.63, 3.8) is 0 Å². The molecule has 0 bridgehead atoms. The third-order valence-electron chi connectivity index (χ3n) is 2.73. The molecule has 3 nitrogen and oxygen atoms in total. The zero-order chi connectivity index (χ0) is 9.47. The lowest BCUT2D eigenvalue weighted by molar-refractivity contribution is 0.260. The van der Waals surface area contributed by atoms with Crippen LogP contribution in [0.3, 0.4) is 0 Å². The summed E-state index contributed by atoms with van der Waals surface area (Å²) in [4.78, 5) is 3.99. The van der Waals surface area contributed by atoms with E-state index in [4.69, 9.17) is 16.1 Å². The Kier molecular flexibility index (Phi) is 2.06. The summed E-state index contributed by atoms with van der Waals surface area (Å²) in [5.41, 5.74) is 0.274. The molecule has 0 radical (unpaired) electrons. The van der Waals surface area contributed by atoms with Gasteiger partial charge in [-0.25, -0.2) is 0 Å². The van der Waals surface area contributed by atoms with Crippen molar-refractivity contribution in [1.82, 2.24) is 10.1 Å². The predicted octanol–water partition coefficient (Wildman–Crippen LogP) is 2.70. The van der Waals surface area contributed by atoms with Gasteiger partial charge in [0.2, 0.25) is 5.89 Å². The van der Waals surface area contributed by atoms with Gasteiger partial charge in [0.1, 0.15) is 0 Å². The maximum Gasteiger partial charge on any atom is 0.263 e. The van der Waals surface area contributed by atoms with Crippen LogP contribution < -0.4 is 0 Å². The topological polar surface area (TPSA) is 38.9 Å². The minimum atomic E-state index is 0.210. The molecule has 1 aliphatic carbocycles. The molecule has 4 heteroatoms. The van der Waals surface area contributed by atoms with E-state index in [1.165, 1.54) is 12.8 Å². The van der Waals surface area contributed by atoms with Crippen LogP contribution in [0.1, 0.15) is 32.6 Å². The highest BCUT2D eigenvalue weighted by Crippen LogP contribution is 2.46. The first kappa shape index (κ1) is 9.00. The minimum Gasteiger partial charge on any atom is -0.338 e. The molecule has 0 spiro atoms. The van der Waals surface area contributed by atoms with Crippen LogP contribution in [0.15, 0.2) is 4.52 Å². The fourth-order valence-electron chi connectivity index (χ4n) is 1.70. The van der Waals surface area contributed by atoms with Gasteiger partial charge >= 0.3 is 0 Å². The summed E-state index contributed by atoms with van der Waals surface area (Å²) in [5, 5.41) is 3.77. The van der Waals surface area contributed by atoms with Gasteiger partial charge in [0, 0.05) is 6.42 Å². The second kappa shape index (κ2) is 2.98. The van der Waals surface area contributed by atoms with Crippen LogP contribution in [0.2, 0.25) is 5.28 Å². The molecule has 1 aromatic heterocycles. The molecule has 0 unspecified atom stereocenters. The molecule has 13 heavy (non-hydrogen) atoms. The van der Waals surface area contributed by atoms with Crippen LogP contribution in [0.4, 0.5) is 0 Å². The van der Waals surface area contributed by atoms with E-state index in [9.17, 15) is 0 Å². The molecule has 1 aliphatic rings. The van der Waals surface area contributed by atoms with E-state index in [0.717, 1.165) is 12.3 Å². The van der Waals surface area contributed by atoms with Gasteiger partial charge in [0.25, 0.3) is 5.28 Å². The Morgan fingerprint density at radius 3 is 2.69 bits per heavy atom. The number of nitrogens with zero attached hydrogens (tertiary/aromatic N) is 2. The Balaban J connectivity index is 2.04. The third-order valence-corrected chi connectivity index (χ3v) is 2.89. The van der Waals surface area contributed by atoms with Crippen molar-refractivity contribution in [2.75, 3.05) is 0 Å². The molecular weight excluding hydrogens is 188 g/mol. The Bertz CT molecular complexity index is 304. The number of hydrogen-bond acceptors (Lipinski definition) is 3. The van der Waals surface area contributed by atoms with Crippen molar-refractivity contribution < 1.29 is 4.52 Å². The molecule has 72 valence electrons. The van der Waals surface area contributed by atoms with Crippen LogP contribution in [0.5, 0.6) is 0 Å². The molecular formula is C9H13ClN2O. The highest BCUT2D eigenvalue weighted by molar-refractivity contribution is 6.28. The fraction of sp³-hybridized carbons (Fsp3) is 0.778. The van der Waals surface area contributed by atoms with Crippen LogP contribution >= 0.6 is 11.6 Å². The van der Waals surface area contributed by atoms with Crippen molar-refractivity contribution in [3.8, 4) is 0 Å². The Hall–Kier alpha value is -0.570. The van der Waals surface area contributed by atoms with Crippen molar-refractivity contribution in [1.29, 1.82) is 0 Å². The standard InChI is InChI=1S/C9H13ClN2O/c1-9(2,6-3-4-6)5-7-11-8(10)12-13-7/h6H,3-5H2,1-2H3. The molecule has 1 fully saturated rings. The van der Waals surface area contributed by atoms with Gasteiger partial charge < -0.3 is 4.52 Å². The lowest BCUT2D eigenvalue weighted by Crippen LogP contribution is -2.17. The molecule has 0 N–H and O–H groups in total. The first-order valence-corrected chi connectivity index (χ1v) is 4.94. The quantitative estimate of drug-likeness (QED) is 0.753. The zero-order valence-electron chi connectivity index (χ0n) is 7.88. The molecule has 1 heterocycles. The van der Waals surface area contributed by atoms with Gasteiger partial charge in [-0.05, 0) is 40.9 Å². The predicted molar refractivity (Wildman–Crippen MR) is 49.5 cm³/mol. The van der Waals surface area contributed by atoms with E-state index < -0.39 is 0 Å². The molecule has 0 aromatic carbocycles. The van der Waals surface area contributed by atoms with Gasteiger partial charge in [-0.1, -0.05) is 13.8 Å². The minimum absolute atomic E-state index is 0.210. The van der Waals surface area contributed by atoms with Crippen molar-refractivity contribution in [2.24, 2.45) is 11.3 Å². The van der Waals surface area contributed by atoms with E-state index in [-0.39, 0.29) is 10.7 Å². The number of rotatable bonds is 3. The van der Waals surface area contributed by atoms with Gasteiger partial charge in [-0.15, -0.1) is 0 Å². The number of aromatic nitrogens is 2. The second-order valence-corrected chi connectivity index (χ2v) is 4.73. The van der Waals surface area contributed by atoms with Crippen molar-refractivity contribution in [2.45, 2.75) is 33.1 Å². The summed E-state index contributed by atoms with van der Waals surface area (Å²) in [7, 11) is 0. The Morgan fingerprint density at radius 2 is 2.23 bits per heavy atom. The van der Waals surface area contributed by atoms with Gasteiger partial charge in [0.05, 0.1) is 0 Å². The SMILES string of the molecule is CC(C)(Cc1nc(Cl)no1)C1CC1. The summed E-state index contributed by atoms with van der Waals surface area (Å²) in [6.45, 7) is 4.48. The van der Waals surface area contributed by atoms with E-state index in [0.29, 0.717) is 5.89 Å². The fourth-order valence-corrected chi connectivity index (χ4v) is 1.83. The summed E-state index contributed by atoms with van der Waals surface area (Å²) < 4.78 is 4.99. The maximum absolute atomic E-state index is 5.57. The van der Waals surface area contributed by atoms with Crippen LogP contribution in [0, 0.1) is 11.3 Å². The van der Waals surface area contributed by atoms with Gasteiger partial charge in [-0.3, -0.25) is 0 Å². The second-order valence-electron chi connectivity index (χ2n) is 4.40. The molecule has 0 saturated heterocycles. The van der Waals surface area contributed by atoms with E-state index in [2.05, 4.69) is 24.0 Å². The zero-order valence-corrected chi connectivity index (χ0v) is 8.64. The molecule has 0 atom stereocenters. The molecule has 2 rings (SSSR count). The summed E-state index contributed by atoms with van der Waals surface area (Å²) in [6.07, 6.45) is 3.49. The van der Waals surface area contributed by atoms with Crippen LogP contribution in [-0.2, 0) is 6.42 Å². The average Bonchev–Trinajstić information content (AvgIpc) is 2.78. The number of hydrogen-bond donors (Lipinski definition) is 0. The highest BCUT2D eigenvalue weighted by Gasteiger charge is 2.38. The third kappa shape index (κ3) is 2.02. The van der Waals surface area contributed by atoms with E-state index in [1.807, 2.05) is 0 Å². The largest absolute Gasteiger partial charge is 0.338 e. The van der Waals surface area contributed by atoms with Gasteiger partial charge in [-0.2, -0.15) is 4.98 Å². The Labute approximate surface area is 82.5 Å². The summed E-state index contributed by atoms with van der Waals surface area (Å²) >= 11 is 5.57. The lowest BCUT2D eigenvalue weighted by atomic mass is 9.84. The smallest absolute Gasteiger partial charge is 0.263 e. The van der Waals surface area contributed by atoms with Gasteiger partial charge in [0.15, 0.2) is 0 Å². The summed E-state index contributed by atoms with van der Waals surface area (Å²) in [5.74, 6) is 1.47. The normalized spacial score (nSPS) is 17.8. The first-order chi connectivity index (χ1) is 6.08. The average molecular weight is 201 g/mol.